The number of likely N-dealkylation sites (N-methyl/N-ethyl adjacent to an activating group) is 1. The lowest BCUT2D eigenvalue weighted by molar-refractivity contribution is -0.129. The van der Waals surface area contributed by atoms with Gasteiger partial charge in [-0.05, 0) is 40.0 Å². The Kier molecular flexibility index (Phi) is 4.35. The van der Waals surface area contributed by atoms with Crippen LogP contribution < -0.4 is 0 Å². The second-order valence-electron chi connectivity index (χ2n) is 4.63. The minimum atomic E-state index is -0.259. The average molecular weight is 315 g/mol. The van der Waals surface area contributed by atoms with E-state index in [0.29, 0.717) is 17.6 Å². The van der Waals surface area contributed by atoms with Crippen LogP contribution in [0.15, 0.2) is 22.7 Å². The molecule has 0 unspecified atom stereocenters. The highest BCUT2D eigenvalue weighted by atomic mass is 79.9. The first kappa shape index (κ1) is 13.5. The van der Waals surface area contributed by atoms with Gasteiger partial charge in [-0.2, -0.15) is 0 Å². The monoisotopic (exact) mass is 314 g/mol. The van der Waals surface area contributed by atoms with Crippen molar-refractivity contribution in [2.75, 3.05) is 26.7 Å². The molecule has 98 valence electrons. The van der Waals surface area contributed by atoms with Crippen LogP contribution in [0.5, 0.6) is 0 Å². The summed E-state index contributed by atoms with van der Waals surface area (Å²) in [6.07, 6.45) is 0.977. The summed E-state index contributed by atoms with van der Waals surface area (Å²) in [7, 11) is 1.83. The molecule has 0 radical (unpaired) electrons. The van der Waals surface area contributed by atoms with Crippen LogP contribution in [-0.4, -0.2) is 42.4 Å². The number of nitrogens with zero attached hydrogens (tertiary/aromatic N) is 2. The maximum absolute atomic E-state index is 13.1. The number of rotatable bonds is 2. The van der Waals surface area contributed by atoms with Crippen LogP contribution in [-0.2, 0) is 11.3 Å². The summed E-state index contributed by atoms with van der Waals surface area (Å²) in [6.45, 7) is 2.82. The summed E-state index contributed by atoms with van der Waals surface area (Å²) in [5, 5.41) is 0. The topological polar surface area (TPSA) is 23.6 Å². The van der Waals surface area contributed by atoms with Crippen molar-refractivity contribution in [3.8, 4) is 0 Å². The van der Waals surface area contributed by atoms with Gasteiger partial charge in [0, 0.05) is 26.7 Å². The number of benzene rings is 1. The van der Waals surface area contributed by atoms with Gasteiger partial charge in [0.2, 0.25) is 5.91 Å². The predicted molar refractivity (Wildman–Crippen MR) is 71.6 cm³/mol. The molecule has 0 aromatic heterocycles. The molecule has 1 heterocycles. The van der Waals surface area contributed by atoms with Crippen LogP contribution in [0.3, 0.4) is 0 Å². The highest BCUT2D eigenvalue weighted by molar-refractivity contribution is 9.10. The molecule has 2 rings (SSSR count). The van der Waals surface area contributed by atoms with E-state index in [1.54, 1.807) is 17.0 Å². The fourth-order valence-corrected chi connectivity index (χ4v) is 2.50. The molecule has 0 saturated carbocycles. The summed E-state index contributed by atoms with van der Waals surface area (Å²) in [5.41, 5.74) is 1.01. The van der Waals surface area contributed by atoms with E-state index in [9.17, 15) is 9.18 Å². The number of amides is 1. The molecule has 0 aliphatic carbocycles. The molecule has 1 fully saturated rings. The Morgan fingerprint density at radius 3 is 2.89 bits per heavy atom. The lowest BCUT2D eigenvalue weighted by Gasteiger charge is -2.19. The minimum Gasteiger partial charge on any atom is -0.345 e. The smallest absolute Gasteiger partial charge is 0.236 e. The third-order valence-electron chi connectivity index (χ3n) is 3.14. The molecule has 1 aliphatic heterocycles. The number of hydrogen-bond acceptors (Lipinski definition) is 2. The lowest BCUT2D eigenvalue weighted by atomic mass is 10.2. The van der Waals surface area contributed by atoms with Crippen molar-refractivity contribution >= 4 is 21.8 Å². The molecule has 0 spiro atoms. The van der Waals surface area contributed by atoms with Gasteiger partial charge in [-0.3, -0.25) is 9.69 Å². The van der Waals surface area contributed by atoms with Crippen molar-refractivity contribution in [3.63, 3.8) is 0 Å². The zero-order valence-corrected chi connectivity index (χ0v) is 11.9. The Morgan fingerprint density at radius 2 is 2.17 bits per heavy atom. The van der Waals surface area contributed by atoms with E-state index in [0.717, 1.165) is 25.1 Å². The van der Waals surface area contributed by atoms with Gasteiger partial charge in [-0.25, -0.2) is 4.39 Å². The van der Waals surface area contributed by atoms with E-state index in [4.69, 9.17) is 0 Å². The molecule has 0 bridgehead atoms. The molecule has 1 amide bonds. The maximum atomic E-state index is 13.1. The molecular weight excluding hydrogens is 299 g/mol. The third kappa shape index (κ3) is 3.29. The van der Waals surface area contributed by atoms with Crippen LogP contribution in [0, 0.1) is 5.82 Å². The molecule has 1 saturated heterocycles. The Balaban J connectivity index is 2.04. The number of hydrogen-bond donors (Lipinski definition) is 0. The normalized spacial score (nSPS) is 17.9. The van der Waals surface area contributed by atoms with E-state index < -0.39 is 0 Å². The van der Waals surface area contributed by atoms with Crippen molar-refractivity contribution in [1.82, 2.24) is 9.80 Å². The lowest BCUT2D eigenvalue weighted by Crippen LogP contribution is -2.34. The second kappa shape index (κ2) is 5.80. The molecule has 1 aliphatic rings. The highest BCUT2D eigenvalue weighted by Gasteiger charge is 2.18. The third-order valence-corrected chi connectivity index (χ3v) is 3.75. The number of carbonyl (C=O) groups is 1. The van der Waals surface area contributed by atoms with Crippen molar-refractivity contribution in [2.24, 2.45) is 0 Å². The first-order chi connectivity index (χ1) is 8.56. The molecule has 0 N–H and O–H groups in total. The largest absolute Gasteiger partial charge is 0.345 e. The van der Waals surface area contributed by atoms with Gasteiger partial charge >= 0.3 is 0 Å². The average Bonchev–Trinajstić information content (AvgIpc) is 2.47. The molecule has 1 aromatic rings. The van der Waals surface area contributed by atoms with E-state index in [1.165, 1.54) is 6.07 Å². The predicted octanol–water partition coefficient (Wildman–Crippen LogP) is 2.25. The van der Waals surface area contributed by atoms with Crippen molar-refractivity contribution < 1.29 is 9.18 Å². The van der Waals surface area contributed by atoms with E-state index >= 15 is 0 Å². The van der Waals surface area contributed by atoms with Gasteiger partial charge in [0.25, 0.3) is 0 Å². The molecule has 18 heavy (non-hydrogen) atoms. The second-order valence-corrected chi connectivity index (χ2v) is 5.48. The SMILES string of the molecule is CN1CCCN(Cc2ccc(F)c(Br)c2)CC1=O. The van der Waals surface area contributed by atoms with Crippen LogP contribution >= 0.6 is 15.9 Å². The minimum absolute atomic E-state index is 0.147. The quantitative estimate of drug-likeness (QED) is 0.836. The van der Waals surface area contributed by atoms with Crippen molar-refractivity contribution in [3.05, 3.63) is 34.1 Å². The zero-order chi connectivity index (χ0) is 13.1. The first-order valence-corrected chi connectivity index (χ1v) is 6.76. The number of halogens is 2. The van der Waals surface area contributed by atoms with Crippen molar-refractivity contribution in [2.45, 2.75) is 13.0 Å². The summed E-state index contributed by atoms with van der Waals surface area (Å²) >= 11 is 3.18. The zero-order valence-electron chi connectivity index (χ0n) is 10.3. The van der Waals surface area contributed by atoms with Gasteiger partial charge in [-0.1, -0.05) is 6.07 Å². The van der Waals surface area contributed by atoms with E-state index in [-0.39, 0.29) is 11.7 Å². The van der Waals surface area contributed by atoms with Crippen LogP contribution in [0.25, 0.3) is 0 Å². The standard InChI is InChI=1S/C13H16BrFN2O/c1-16-5-2-6-17(9-13(16)18)8-10-3-4-12(15)11(14)7-10/h3-4,7H,2,5-6,8-9H2,1H3. The summed E-state index contributed by atoms with van der Waals surface area (Å²) in [4.78, 5) is 15.6. The van der Waals surface area contributed by atoms with Gasteiger partial charge in [0.15, 0.2) is 0 Å². The highest BCUT2D eigenvalue weighted by Crippen LogP contribution is 2.18. The molecule has 1 aromatic carbocycles. The Labute approximate surface area is 115 Å². The summed E-state index contributed by atoms with van der Waals surface area (Å²) < 4.78 is 13.6. The van der Waals surface area contributed by atoms with Crippen LogP contribution in [0.2, 0.25) is 0 Å². The Hall–Kier alpha value is -0.940. The fraction of sp³-hybridized carbons (Fsp3) is 0.462. The molecule has 5 heteroatoms. The Bertz CT molecular complexity index is 453. The summed E-state index contributed by atoms with van der Waals surface area (Å²) in [5.74, 6) is -0.112. The molecule has 3 nitrogen and oxygen atoms in total. The van der Waals surface area contributed by atoms with E-state index in [2.05, 4.69) is 20.8 Å². The van der Waals surface area contributed by atoms with Gasteiger partial charge in [-0.15, -0.1) is 0 Å². The first-order valence-electron chi connectivity index (χ1n) is 5.96. The van der Waals surface area contributed by atoms with Crippen molar-refractivity contribution in [1.29, 1.82) is 0 Å². The van der Waals surface area contributed by atoms with Gasteiger partial charge in [0.1, 0.15) is 5.82 Å². The molecule has 0 atom stereocenters. The van der Waals surface area contributed by atoms with Gasteiger partial charge in [0.05, 0.1) is 11.0 Å². The van der Waals surface area contributed by atoms with Gasteiger partial charge < -0.3 is 4.90 Å². The number of carbonyl (C=O) groups excluding carboxylic acids is 1. The Morgan fingerprint density at radius 1 is 1.39 bits per heavy atom. The van der Waals surface area contributed by atoms with Crippen LogP contribution in [0.4, 0.5) is 4.39 Å². The summed E-state index contributed by atoms with van der Waals surface area (Å²) in [6, 6.07) is 4.98. The molecular formula is C13H16BrFN2O. The van der Waals surface area contributed by atoms with E-state index in [1.807, 2.05) is 7.05 Å². The van der Waals surface area contributed by atoms with Crippen LogP contribution in [0.1, 0.15) is 12.0 Å². The maximum Gasteiger partial charge on any atom is 0.236 e. The fourth-order valence-electron chi connectivity index (χ4n) is 2.08.